The zero-order chi connectivity index (χ0) is 16.0. The average molecular weight is 311 g/mol. The third-order valence-corrected chi connectivity index (χ3v) is 2.69. The van der Waals surface area contributed by atoms with Gasteiger partial charge in [0, 0.05) is 0 Å². The van der Waals surface area contributed by atoms with E-state index in [1.807, 2.05) is 13.8 Å². The summed E-state index contributed by atoms with van der Waals surface area (Å²) in [6.07, 6.45) is -3.36. The van der Waals surface area contributed by atoms with Crippen molar-refractivity contribution in [2.75, 3.05) is 0 Å². The molecule has 0 atom stereocenters. The Morgan fingerprint density at radius 3 is 2.00 bits per heavy atom. The number of rotatable bonds is 2. The van der Waals surface area contributed by atoms with Gasteiger partial charge in [0.25, 0.3) is 10.1 Å². The molecule has 0 heterocycles. The molecule has 0 unspecified atom stereocenters. The molecular formula is C11H12F3NO4S. The zero-order valence-electron chi connectivity index (χ0n) is 10.5. The van der Waals surface area contributed by atoms with Crippen molar-refractivity contribution >= 4 is 16.2 Å². The summed E-state index contributed by atoms with van der Waals surface area (Å²) in [5.41, 5.74) is -1.37. The predicted molar refractivity (Wildman–Crippen MR) is 64.5 cm³/mol. The second-order valence-corrected chi connectivity index (χ2v) is 5.17. The molecule has 1 aromatic carbocycles. The van der Waals surface area contributed by atoms with E-state index in [4.69, 9.17) is 4.55 Å². The lowest BCUT2D eigenvalue weighted by atomic mass is 10.2. The Kier molecular flexibility index (Phi) is 6.57. The van der Waals surface area contributed by atoms with Gasteiger partial charge in [-0.1, -0.05) is 12.1 Å². The number of hydrogen-bond acceptors (Lipinski definition) is 4. The molecule has 0 amide bonds. The van der Waals surface area contributed by atoms with E-state index in [1.165, 1.54) is 6.08 Å². The standard InChI is InChI=1S/C7H5F3O3S.C4H7NO/c8-7(9,10)5-3-1-2-4-6(5)14(11,12)13;1-4(2)5-3-6/h1-4H,(H,11,12,13);4H,1-2H3. The van der Waals surface area contributed by atoms with Gasteiger partial charge in [0.05, 0.1) is 11.6 Å². The second-order valence-electron chi connectivity index (χ2n) is 3.78. The Bertz CT molecular complexity index is 590. The topological polar surface area (TPSA) is 83.8 Å². The molecule has 9 heteroatoms. The van der Waals surface area contributed by atoms with Crippen LogP contribution in [0.5, 0.6) is 0 Å². The largest absolute Gasteiger partial charge is 0.417 e. The SMILES string of the molecule is CC(C)N=C=O.O=S(=O)(O)c1ccccc1C(F)(F)F. The first-order valence-electron chi connectivity index (χ1n) is 5.20. The molecule has 0 aliphatic heterocycles. The lowest BCUT2D eigenvalue weighted by Crippen LogP contribution is -2.12. The Morgan fingerprint density at radius 1 is 1.25 bits per heavy atom. The third kappa shape index (κ3) is 6.46. The minimum absolute atomic E-state index is 0.0995. The van der Waals surface area contributed by atoms with Crippen LogP contribution < -0.4 is 0 Å². The fourth-order valence-electron chi connectivity index (χ4n) is 1.03. The molecule has 0 aliphatic rings. The number of benzene rings is 1. The van der Waals surface area contributed by atoms with Crippen LogP contribution in [0.15, 0.2) is 34.2 Å². The number of halogens is 3. The summed E-state index contributed by atoms with van der Waals surface area (Å²) < 4.78 is 66.2. The summed E-state index contributed by atoms with van der Waals surface area (Å²) in [4.78, 5) is 11.5. The average Bonchev–Trinajstić information content (AvgIpc) is 2.27. The van der Waals surface area contributed by atoms with Crippen LogP contribution in [0, 0.1) is 0 Å². The van der Waals surface area contributed by atoms with E-state index in [-0.39, 0.29) is 6.04 Å². The number of carbonyl (C=O) groups excluding carboxylic acids is 1. The number of alkyl halides is 3. The predicted octanol–water partition coefficient (Wildman–Crippen LogP) is 2.68. The first-order chi connectivity index (χ1) is 9.00. The minimum atomic E-state index is -4.84. The van der Waals surface area contributed by atoms with Gasteiger partial charge in [-0.2, -0.15) is 21.6 Å². The molecular weight excluding hydrogens is 299 g/mol. The van der Waals surface area contributed by atoms with E-state index >= 15 is 0 Å². The first-order valence-corrected chi connectivity index (χ1v) is 6.65. The van der Waals surface area contributed by atoms with Crippen LogP contribution in [0.25, 0.3) is 0 Å². The second kappa shape index (κ2) is 7.18. The third-order valence-electron chi connectivity index (χ3n) is 1.78. The maximum absolute atomic E-state index is 12.2. The van der Waals surface area contributed by atoms with Crippen LogP contribution in [0.2, 0.25) is 0 Å². The maximum atomic E-state index is 12.2. The molecule has 0 aliphatic carbocycles. The quantitative estimate of drug-likeness (QED) is 0.517. The molecule has 20 heavy (non-hydrogen) atoms. The van der Waals surface area contributed by atoms with Crippen LogP contribution >= 0.6 is 0 Å². The maximum Gasteiger partial charge on any atom is 0.417 e. The van der Waals surface area contributed by atoms with Crippen molar-refractivity contribution in [2.45, 2.75) is 31.0 Å². The van der Waals surface area contributed by atoms with E-state index in [1.54, 1.807) is 0 Å². The van der Waals surface area contributed by atoms with Gasteiger partial charge in [0.2, 0.25) is 6.08 Å². The Labute approximate surface area is 113 Å². The molecule has 1 N–H and O–H groups in total. The highest BCUT2D eigenvalue weighted by Crippen LogP contribution is 2.33. The molecule has 112 valence electrons. The van der Waals surface area contributed by atoms with Gasteiger partial charge in [-0.15, -0.1) is 0 Å². The van der Waals surface area contributed by atoms with Crippen molar-refractivity contribution in [2.24, 2.45) is 4.99 Å². The lowest BCUT2D eigenvalue weighted by Gasteiger charge is -2.09. The fraction of sp³-hybridized carbons (Fsp3) is 0.364. The van der Waals surface area contributed by atoms with Crippen molar-refractivity contribution in [1.82, 2.24) is 0 Å². The van der Waals surface area contributed by atoms with Gasteiger partial charge in [-0.3, -0.25) is 4.55 Å². The summed E-state index contributed by atoms with van der Waals surface area (Å²) in [5.74, 6) is 0. The van der Waals surface area contributed by atoms with Crippen LogP contribution in [-0.2, 0) is 21.1 Å². The smallest absolute Gasteiger partial charge is 0.282 e. The zero-order valence-corrected chi connectivity index (χ0v) is 11.4. The number of hydrogen-bond donors (Lipinski definition) is 1. The van der Waals surface area contributed by atoms with Gasteiger partial charge >= 0.3 is 6.18 Å². The van der Waals surface area contributed by atoms with Gasteiger partial charge in [0.15, 0.2) is 0 Å². The van der Waals surface area contributed by atoms with Crippen molar-refractivity contribution in [3.8, 4) is 0 Å². The first kappa shape index (κ1) is 18.3. The molecule has 1 aromatic rings. The van der Waals surface area contributed by atoms with E-state index < -0.39 is 26.8 Å². The van der Waals surface area contributed by atoms with E-state index in [2.05, 4.69) is 4.99 Å². The van der Waals surface area contributed by atoms with Gasteiger partial charge < -0.3 is 0 Å². The van der Waals surface area contributed by atoms with Crippen molar-refractivity contribution in [3.63, 3.8) is 0 Å². The van der Waals surface area contributed by atoms with E-state index in [0.717, 1.165) is 12.1 Å². The molecule has 0 fully saturated rings. The summed E-state index contributed by atoms with van der Waals surface area (Å²) in [6.45, 7) is 3.65. The van der Waals surface area contributed by atoms with Gasteiger partial charge in [0.1, 0.15) is 4.90 Å². The normalized spacial score (nSPS) is 11.3. The fourth-order valence-corrected chi connectivity index (χ4v) is 1.74. The van der Waals surface area contributed by atoms with Crippen LogP contribution in [0.1, 0.15) is 19.4 Å². The van der Waals surface area contributed by atoms with E-state index in [0.29, 0.717) is 12.1 Å². The van der Waals surface area contributed by atoms with Crippen LogP contribution in [0.4, 0.5) is 13.2 Å². The molecule has 0 spiro atoms. The Morgan fingerprint density at radius 2 is 1.75 bits per heavy atom. The molecule has 0 saturated carbocycles. The van der Waals surface area contributed by atoms with Crippen LogP contribution in [-0.4, -0.2) is 25.1 Å². The summed E-state index contributed by atoms with van der Waals surface area (Å²) in [5, 5.41) is 0. The molecule has 1 rings (SSSR count). The van der Waals surface area contributed by atoms with Gasteiger partial charge in [-0.25, -0.2) is 9.79 Å². The molecule has 5 nitrogen and oxygen atoms in total. The van der Waals surface area contributed by atoms with Crippen LogP contribution in [0.3, 0.4) is 0 Å². The lowest BCUT2D eigenvalue weighted by molar-refractivity contribution is -0.140. The molecule has 0 saturated heterocycles. The number of nitrogens with zero attached hydrogens (tertiary/aromatic N) is 1. The highest BCUT2D eigenvalue weighted by molar-refractivity contribution is 7.85. The van der Waals surface area contributed by atoms with Crippen molar-refractivity contribution in [3.05, 3.63) is 29.8 Å². The van der Waals surface area contributed by atoms with Crippen molar-refractivity contribution in [1.29, 1.82) is 0 Å². The monoisotopic (exact) mass is 311 g/mol. The van der Waals surface area contributed by atoms with E-state index in [9.17, 15) is 26.4 Å². The molecule has 0 radical (unpaired) electrons. The summed E-state index contributed by atoms with van der Waals surface area (Å²) >= 11 is 0. The highest BCUT2D eigenvalue weighted by atomic mass is 32.2. The highest BCUT2D eigenvalue weighted by Gasteiger charge is 2.36. The molecule has 0 aromatic heterocycles. The summed E-state index contributed by atoms with van der Waals surface area (Å²) in [7, 11) is -4.84. The summed E-state index contributed by atoms with van der Waals surface area (Å²) in [6, 6.07) is 3.51. The Hall–Kier alpha value is -1.70. The van der Waals surface area contributed by atoms with Crippen molar-refractivity contribution < 1.29 is 30.9 Å². The number of aliphatic imine (C=N–C) groups is 1. The minimum Gasteiger partial charge on any atom is -0.282 e. The number of isocyanates is 1. The Balaban J connectivity index is 0.000000511. The van der Waals surface area contributed by atoms with Gasteiger partial charge in [-0.05, 0) is 26.0 Å². The molecule has 0 bridgehead atoms.